The van der Waals surface area contributed by atoms with Crippen LogP contribution in [0.2, 0.25) is 0 Å². The second-order valence-corrected chi connectivity index (χ2v) is 4.12. The van der Waals surface area contributed by atoms with Crippen LogP contribution >= 0.6 is 0 Å². The van der Waals surface area contributed by atoms with Crippen LogP contribution in [0, 0.1) is 0 Å². The van der Waals surface area contributed by atoms with E-state index in [2.05, 4.69) is 4.98 Å². The summed E-state index contributed by atoms with van der Waals surface area (Å²) < 4.78 is 10.3. The van der Waals surface area contributed by atoms with Crippen LogP contribution in [0.3, 0.4) is 0 Å². The Balaban J connectivity index is 2.78. The molecule has 1 N–H and O–H groups in total. The number of aromatic amines is 1. The molecule has 0 bridgehead atoms. The molecular weight excluding hydrogens is 246 g/mol. The van der Waals surface area contributed by atoms with E-state index in [0.717, 1.165) is 0 Å². The Morgan fingerprint density at radius 1 is 1.37 bits per heavy atom. The van der Waals surface area contributed by atoms with Gasteiger partial charge in [0.2, 0.25) is 0 Å². The van der Waals surface area contributed by atoms with E-state index in [9.17, 15) is 9.59 Å². The summed E-state index contributed by atoms with van der Waals surface area (Å²) in [5, 5.41) is 0.687. The molecule has 1 heterocycles. The van der Waals surface area contributed by atoms with E-state index in [1.165, 1.54) is 6.92 Å². The van der Waals surface area contributed by atoms with Crippen LogP contribution in [0.1, 0.15) is 19.4 Å². The van der Waals surface area contributed by atoms with Crippen LogP contribution in [0.4, 0.5) is 0 Å². The lowest BCUT2D eigenvalue weighted by atomic mass is 10.1. The van der Waals surface area contributed by atoms with Crippen molar-refractivity contribution >= 4 is 16.9 Å². The summed E-state index contributed by atoms with van der Waals surface area (Å²) in [4.78, 5) is 25.9. The molecule has 0 aliphatic heterocycles. The smallest absolute Gasteiger partial charge is 0.308 e. The summed E-state index contributed by atoms with van der Waals surface area (Å²) in [6, 6.07) is 5.22. The molecule has 5 nitrogen and oxygen atoms in total. The number of rotatable bonds is 3. The third kappa shape index (κ3) is 2.45. The van der Waals surface area contributed by atoms with Crippen LogP contribution < -0.4 is 15.0 Å². The maximum absolute atomic E-state index is 12.0. The molecular formula is C14H15NO4. The number of nitrogens with one attached hydrogen (secondary N) is 1. The molecule has 100 valence electrons. The minimum absolute atomic E-state index is 0.250. The number of hydrogen-bond donors (Lipinski definition) is 1. The normalized spacial score (nSPS) is 10.5. The molecule has 5 heteroatoms. The van der Waals surface area contributed by atoms with Gasteiger partial charge in [0.15, 0.2) is 0 Å². The predicted molar refractivity (Wildman–Crippen MR) is 71.8 cm³/mol. The van der Waals surface area contributed by atoms with Gasteiger partial charge in [0.1, 0.15) is 11.5 Å². The second kappa shape index (κ2) is 5.14. The Hall–Kier alpha value is -2.30. The standard InChI is InChI=1S/C14H15NO4/c1-4-10-13(19-8(2)16)11-6-5-9(18-3)7-12(11)15-14(10)17/h5-7H,4H2,1-3H3,(H,15,17). The molecule has 0 aliphatic rings. The van der Waals surface area contributed by atoms with Gasteiger partial charge in [-0.25, -0.2) is 0 Å². The van der Waals surface area contributed by atoms with Gasteiger partial charge >= 0.3 is 5.97 Å². The number of pyridine rings is 1. The maximum atomic E-state index is 12.0. The first kappa shape index (κ1) is 13.1. The molecule has 0 saturated carbocycles. The number of benzene rings is 1. The zero-order valence-electron chi connectivity index (χ0n) is 11.1. The lowest BCUT2D eigenvalue weighted by Gasteiger charge is -2.11. The summed E-state index contributed by atoms with van der Waals surface area (Å²) in [7, 11) is 1.55. The van der Waals surface area contributed by atoms with Crippen molar-refractivity contribution in [1.82, 2.24) is 4.98 Å². The van der Waals surface area contributed by atoms with E-state index in [-0.39, 0.29) is 5.56 Å². The summed E-state index contributed by atoms with van der Waals surface area (Å²) in [5.74, 6) is 0.509. The topological polar surface area (TPSA) is 68.4 Å². The Bertz CT molecular complexity index is 688. The van der Waals surface area contributed by atoms with Crippen molar-refractivity contribution in [2.45, 2.75) is 20.3 Å². The molecule has 0 amide bonds. The average molecular weight is 261 g/mol. The number of aromatic nitrogens is 1. The van der Waals surface area contributed by atoms with Crippen molar-refractivity contribution in [3.63, 3.8) is 0 Å². The van der Waals surface area contributed by atoms with Crippen molar-refractivity contribution in [3.8, 4) is 11.5 Å². The van der Waals surface area contributed by atoms with Gasteiger partial charge in [-0.15, -0.1) is 0 Å². The fraction of sp³-hybridized carbons (Fsp3) is 0.286. The average Bonchev–Trinajstić information content (AvgIpc) is 2.37. The lowest BCUT2D eigenvalue weighted by molar-refractivity contribution is -0.131. The van der Waals surface area contributed by atoms with Gasteiger partial charge in [-0.3, -0.25) is 9.59 Å². The molecule has 0 saturated heterocycles. The van der Waals surface area contributed by atoms with Gasteiger partial charge in [0.25, 0.3) is 5.56 Å². The highest BCUT2D eigenvalue weighted by Gasteiger charge is 2.14. The van der Waals surface area contributed by atoms with Crippen molar-refractivity contribution in [1.29, 1.82) is 0 Å². The fourth-order valence-corrected chi connectivity index (χ4v) is 2.00. The van der Waals surface area contributed by atoms with Gasteiger partial charge in [-0.05, 0) is 18.6 Å². The molecule has 2 aromatic rings. The SMILES string of the molecule is CCc1c(OC(C)=O)c2ccc(OC)cc2[nH]c1=O. The number of carbonyl (C=O) groups excluding carboxylic acids is 1. The minimum Gasteiger partial charge on any atom is -0.497 e. The van der Waals surface area contributed by atoms with E-state index in [1.54, 1.807) is 25.3 Å². The lowest BCUT2D eigenvalue weighted by Crippen LogP contribution is -2.16. The summed E-state index contributed by atoms with van der Waals surface area (Å²) in [6.45, 7) is 3.16. The molecule has 1 aromatic carbocycles. The van der Waals surface area contributed by atoms with Gasteiger partial charge in [-0.2, -0.15) is 0 Å². The number of fused-ring (bicyclic) bond motifs is 1. The fourth-order valence-electron chi connectivity index (χ4n) is 2.00. The zero-order chi connectivity index (χ0) is 14.0. The van der Waals surface area contributed by atoms with Crippen LogP contribution in [0.15, 0.2) is 23.0 Å². The number of methoxy groups -OCH3 is 1. The molecule has 2 rings (SSSR count). The molecule has 0 fully saturated rings. The van der Waals surface area contributed by atoms with Crippen molar-refractivity contribution in [2.24, 2.45) is 0 Å². The van der Waals surface area contributed by atoms with E-state index in [4.69, 9.17) is 9.47 Å². The highest BCUT2D eigenvalue weighted by atomic mass is 16.5. The first-order chi connectivity index (χ1) is 9.06. The second-order valence-electron chi connectivity index (χ2n) is 4.12. The molecule has 0 atom stereocenters. The summed E-state index contributed by atoms with van der Waals surface area (Å²) in [6.07, 6.45) is 0.486. The van der Waals surface area contributed by atoms with Gasteiger partial charge in [-0.1, -0.05) is 6.92 Å². The Morgan fingerprint density at radius 3 is 2.68 bits per heavy atom. The third-order valence-corrected chi connectivity index (χ3v) is 2.87. The van der Waals surface area contributed by atoms with Gasteiger partial charge < -0.3 is 14.5 Å². The molecule has 0 unspecified atom stereocenters. The first-order valence-electron chi connectivity index (χ1n) is 5.98. The Labute approximate surface area is 110 Å². The molecule has 0 radical (unpaired) electrons. The first-order valence-corrected chi connectivity index (χ1v) is 5.98. The minimum atomic E-state index is -0.447. The quantitative estimate of drug-likeness (QED) is 0.858. The van der Waals surface area contributed by atoms with E-state index >= 15 is 0 Å². The molecule has 0 spiro atoms. The van der Waals surface area contributed by atoms with Crippen LogP contribution in [-0.2, 0) is 11.2 Å². The monoisotopic (exact) mass is 261 g/mol. The number of ether oxygens (including phenoxy) is 2. The Kier molecular flexibility index (Phi) is 3.55. The van der Waals surface area contributed by atoms with Crippen LogP contribution in [0.25, 0.3) is 10.9 Å². The van der Waals surface area contributed by atoms with Crippen molar-refractivity contribution in [3.05, 3.63) is 34.1 Å². The number of H-pyrrole nitrogens is 1. The van der Waals surface area contributed by atoms with E-state index < -0.39 is 5.97 Å². The van der Waals surface area contributed by atoms with Crippen LogP contribution in [-0.4, -0.2) is 18.1 Å². The number of carbonyl (C=O) groups is 1. The van der Waals surface area contributed by atoms with E-state index in [1.807, 2.05) is 6.92 Å². The number of esters is 1. The highest BCUT2D eigenvalue weighted by molar-refractivity contribution is 5.89. The maximum Gasteiger partial charge on any atom is 0.308 e. The van der Waals surface area contributed by atoms with Crippen molar-refractivity contribution in [2.75, 3.05) is 7.11 Å². The number of hydrogen-bond acceptors (Lipinski definition) is 4. The van der Waals surface area contributed by atoms with Crippen LogP contribution in [0.5, 0.6) is 11.5 Å². The Morgan fingerprint density at radius 2 is 2.11 bits per heavy atom. The van der Waals surface area contributed by atoms with E-state index in [0.29, 0.717) is 34.4 Å². The third-order valence-electron chi connectivity index (χ3n) is 2.87. The predicted octanol–water partition coefficient (Wildman–Crippen LogP) is 2.02. The van der Waals surface area contributed by atoms with Crippen molar-refractivity contribution < 1.29 is 14.3 Å². The highest BCUT2D eigenvalue weighted by Crippen LogP contribution is 2.29. The molecule has 1 aromatic heterocycles. The molecule has 0 aliphatic carbocycles. The largest absolute Gasteiger partial charge is 0.497 e. The summed E-state index contributed by atoms with van der Waals surface area (Å²) >= 11 is 0. The summed E-state index contributed by atoms with van der Waals surface area (Å²) in [5.41, 5.74) is 0.796. The zero-order valence-corrected chi connectivity index (χ0v) is 11.1. The molecule has 19 heavy (non-hydrogen) atoms. The van der Waals surface area contributed by atoms with Gasteiger partial charge in [0.05, 0.1) is 18.2 Å². The van der Waals surface area contributed by atoms with Gasteiger partial charge in [0, 0.05) is 18.4 Å².